The molecule has 88 valence electrons. The minimum Gasteiger partial charge on any atom is -0.478 e. The summed E-state index contributed by atoms with van der Waals surface area (Å²) in [6, 6.07) is 6.73. The molecule has 0 saturated carbocycles. The molecular formula is C13H7ClN2O2. The quantitative estimate of drug-likeness (QED) is 0.681. The minimum absolute atomic E-state index is 0.198. The molecule has 0 atom stereocenters. The number of carboxylic acid groups (broad SMARTS) is 1. The van der Waals surface area contributed by atoms with Crippen LogP contribution in [-0.4, -0.2) is 21.0 Å². The van der Waals surface area contributed by atoms with Crippen molar-refractivity contribution in [1.29, 1.82) is 0 Å². The third-order valence-electron chi connectivity index (χ3n) is 2.77. The van der Waals surface area contributed by atoms with Crippen LogP contribution in [-0.2, 0) is 0 Å². The predicted octanol–water partition coefficient (Wildman–Crippen LogP) is 3.13. The number of fused-ring (bicyclic) bond motifs is 3. The Hall–Kier alpha value is -2.20. The van der Waals surface area contributed by atoms with E-state index in [4.69, 9.17) is 16.7 Å². The smallest absolute Gasteiger partial charge is 0.336 e. The highest BCUT2D eigenvalue weighted by atomic mass is 35.5. The summed E-state index contributed by atoms with van der Waals surface area (Å²) in [6.45, 7) is 0. The molecule has 0 bridgehead atoms. The van der Waals surface area contributed by atoms with E-state index in [-0.39, 0.29) is 5.56 Å². The Balaban J connectivity index is 2.49. The largest absolute Gasteiger partial charge is 0.478 e. The Bertz CT molecular complexity index is 786. The van der Waals surface area contributed by atoms with E-state index in [1.165, 1.54) is 18.5 Å². The maximum atomic E-state index is 11.1. The Labute approximate surface area is 107 Å². The number of pyridine rings is 2. The fraction of sp³-hybridized carbons (Fsp3) is 0. The van der Waals surface area contributed by atoms with Crippen LogP contribution >= 0.6 is 11.6 Å². The first-order chi connectivity index (χ1) is 8.66. The van der Waals surface area contributed by atoms with E-state index in [1.54, 1.807) is 18.2 Å². The highest BCUT2D eigenvalue weighted by Crippen LogP contribution is 2.26. The summed E-state index contributed by atoms with van der Waals surface area (Å²) in [4.78, 5) is 19.6. The van der Waals surface area contributed by atoms with E-state index >= 15 is 0 Å². The molecule has 1 aromatic carbocycles. The molecule has 0 radical (unpaired) electrons. The highest BCUT2D eigenvalue weighted by Gasteiger charge is 2.11. The van der Waals surface area contributed by atoms with Crippen LogP contribution in [0.4, 0.5) is 0 Å². The van der Waals surface area contributed by atoms with E-state index in [1.807, 2.05) is 0 Å². The Morgan fingerprint density at radius 1 is 1.17 bits per heavy atom. The number of benzene rings is 1. The lowest BCUT2D eigenvalue weighted by atomic mass is 10.1. The van der Waals surface area contributed by atoms with Gasteiger partial charge in [-0.3, -0.25) is 9.97 Å². The zero-order chi connectivity index (χ0) is 12.7. The van der Waals surface area contributed by atoms with Crippen molar-refractivity contribution < 1.29 is 9.90 Å². The van der Waals surface area contributed by atoms with Gasteiger partial charge in [0.05, 0.1) is 16.6 Å². The molecule has 0 amide bonds. The summed E-state index contributed by atoms with van der Waals surface area (Å²) in [5, 5.41) is 11.0. The van der Waals surface area contributed by atoms with Crippen LogP contribution in [0.3, 0.4) is 0 Å². The number of rotatable bonds is 1. The summed E-state index contributed by atoms with van der Waals surface area (Å²) in [5.74, 6) is -0.988. The van der Waals surface area contributed by atoms with Crippen LogP contribution in [0, 0.1) is 0 Å². The molecule has 0 spiro atoms. The number of hydrogen-bond acceptors (Lipinski definition) is 3. The fourth-order valence-electron chi connectivity index (χ4n) is 1.95. The number of carbonyl (C=O) groups is 1. The third kappa shape index (κ3) is 1.58. The molecule has 3 aromatic rings. The lowest BCUT2D eigenvalue weighted by molar-refractivity contribution is 0.0699. The molecule has 0 aliphatic heterocycles. The van der Waals surface area contributed by atoms with Gasteiger partial charge in [0, 0.05) is 28.2 Å². The molecule has 0 saturated heterocycles. The van der Waals surface area contributed by atoms with Crippen LogP contribution in [0.5, 0.6) is 0 Å². The van der Waals surface area contributed by atoms with Gasteiger partial charge in [-0.1, -0.05) is 11.6 Å². The first kappa shape index (κ1) is 10.9. The van der Waals surface area contributed by atoms with Crippen LogP contribution in [0.2, 0.25) is 5.02 Å². The topological polar surface area (TPSA) is 63.1 Å². The average Bonchev–Trinajstić information content (AvgIpc) is 2.37. The van der Waals surface area contributed by atoms with Gasteiger partial charge in [0.25, 0.3) is 0 Å². The molecule has 2 aromatic heterocycles. The maximum Gasteiger partial charge on any atom is 0.336 e. The van der Waals surface area contributed by atoms with Crippen molar-refractivity contribution in [1.82, 2.24) is 9.97 Å². The first-order valence-electron chi connectivity index (χ1n) is 5.23. The first-order valence-corrected chi connectivity index (χ1v) is 5.61. The second-order valence-corrected chi connectivity index (χ2v) is 4.28. The molecule has 18 heavy (non-hydrogen) atoms. The lowest BCUT2D eigenvalue weighted by Gasteiger charge is -2.05. The van der Waals surface area contributed by atoms with Gasteiger partial charge in [0.15, 0.2) is 0 Å². The van der Waals surface area contributed by atoms with Crippen molar-refractivity contribution in [2.24, 2.45) is 0 Å². The molecule has 0 fully saturated rings. The molecule has 2 heterocycles. The molecule has 3 rings (SSSR count). The molecule has 0 aliphatic rings. The zero-order valence-corrected chi connectivity index (χ0v) is 9.85. The van der Waals surface area contributed by atoms with Crippen LogP contribution in [0.1, 0.15) is 10.4 Å². The summed E-state index contributed by atoms with van der Waals surface area (Å²) >= 11 is 5.90. The van der Waals surface area contributed by atoms with Crippen molar-refractivity contribution >= 4 is 39.4 Å². The molecule has 5 heteroatoms. The molecular weight excluding hydrogens is 252 g/mol. The number of carboxylic acids is 1. The van der Waals surface area contributed by atoms with Crippen molar-refractivity contribution in [2.75, 3.05) is 0 Å². The van der Waals surface area contributed by atoms with Gasteiger partial charge in [-0.05, 0) is 24.3 Å². The Kier molecular flexibility index (Phi) is 2.38. The standard InChI is InChI=1S/C13H7ClN2O2/c14-7-1-2-9-11(5-7)16-6-10-8(13(17)18)3-4-15-12(9)10/h1-6H,(H,17,18). The predicted molar refractivity (Wildman–Crippen MR) is 69.0 cm³/mol. The Morgan fingerprint density at radius 3 is 2.78 bits per heavy atom. The van der Waals surface area contributed by atoms with Crippen LogP contribution in [0.25, 0.3) is 21.8 Å². The van der Waals surface area contributed by atoms with Gasteiger partial charge >= 0.3 is 5.97 Å². The molecule has 0 unspecified atom stereocenters. The molecule has 4 nitrogen and oxygen atoms in total. The van der Waals surface area contributed by atoms with Crippen molar-refractivity contribution in [3.63, 3.8) is 0 Å². The third-order valence-corrected chi connectivity index (χ3v) is 3.00. The SMILES string of the molecule is O=C(O)c1ccnc2c1cnc1cc(Cl)ccc12. The monoisotopic (exact) mass is 258 g/mol. The van der Waals surface area contributed by atoms with E-state index in [0.29, 0.717) is 21.4 Å². The zero-order valence-electron chi connectivity index (χ0n) is 9.09. The average molecular weight is 259 g/mol. The number of halogens is 1. The van der Waals surface area contributed by atoms with Gasteiger partial charge in [0.2, 0.25) is 0 Å². The van der Waals surface area contributed by atoms with Crippen molar-refractivity contribution in [3.8, 4) is 0 Å². The number of hydrogen-bond donors (Lipinski definition) is 1. The molecule has 0 aliphatic carbocycles. The minimum atomic E-state index is -0.988. The van der Waals surface area contributed by atoms with E-state index in [0.717, 1.165) is 5.39 Å². The summed E-state index contributed by atoms with van der Waals surface area (Å²) < 4.78 is 0. The van der Waals surface area contributed by atoms with Gasteiger partial charge in [-0.2, -0.15) is 0 Å². The van der Waals surface area contributed by atoms with Gasteiger partial charge in [-0.15, -0.1) is 0 Å². The van der Waals surface area contributed by atoms with E-state index in [2.05, 4.69) is 9.97 Å². The lowest BCUT2D eigenvalue weighted by Crippen LogP contribution is -1.99. The highest BCUT2D eigenvalue weighted by molar-refractivity contribution is 6.31. The second-order valence-electron chi connectivity index (χ2n) is 3.85. The van der Waals surface area contributed by atoms with Crippen LogP contribution < -0.4 is 0 Å². The second kappa shape index (κ2) is 3.92. The van der Waals surface area contributed by atoms with Crippen LogP contribution in [0.15, 0.2) is 36.7 Å². The summed E-state index contributed by atoms with van der Waals surface area (Å²) in [7, 11) is 0. The van der Waals surface area contributed by atoms with Gasteiger partial charge < -0.3 is 5.11 Å². The maximum absolute atomic E-state index is 11.1. The van der Waals surface area contributed by atoms with E-state index in [9.17, 15) is 4.79 Å². The number of aromatic carboxylic acids is 1. The molecule has 1 N–H and O–H groups in total. The Morgan fingerprint density at radius 2 is 2.00 bits per heavy atom. The van der Waals surface area contributed by atoms with Gasteiger partial charge in [0.1, 0.15) is 0 Å². The summed E-state index contributed by atoms with van der Waals surface area (Å²) in [6.07, 6.45) is 3.00. The van der Waals surface area contributed by atoms with Crippen molar-refractivity contribution in [2.45, 2.75) is 0 Å². The fourth-order valence-corrected chi connectivity index (χ4v) is 2.12. The van der Waals surface area contributed by atoms with E-state index < -0.39 is 5.97 Å². The number of nitrogens with zero attached hydrogens (tertiary/aromatic N) is 2. The van der Waals surface area contributed by atoms with Gasteiger partial charge in [-0.25, -0.2) is 4.79 Å². The number of aromatic nitrogens is 2. The van der Waals surface area contributed by atoms with Crippen molar-refractivity contribution in [3.05, 3.63) is 47.2 Å². The summed E-state index contributed by atoms with van der Waals surface area (Å²) in [5.41, 5.74) is 1.52. The normalized spacial score (nSPS) is 10.9.